The van der Waals surface area contributed by atoms with Crippen molar-refractivity contribution < 1.29 is 14.6 Å². The van der Waals surface area contributed by atoms with Crippen LogP contribution in [0.25, 0.3) is 0 Å². The van der Waals surface area contributed by atoms with Gasteiger partial charge in [-0.3, -0.25) is 9.69 Å². The van der Waals surface area contributed by atoms with Gasteiger partial charge < -0.3 is 19.7 Å². The highest BCUT2D eigenvalue weighted by Gasteiger charge is 2.28. The van der Waals surface area contributed by atoms with E-state index in [1.54, 1.807) is 13.3 Å². The number of piperidine rings is 1. The largest absolute Gasteiger partial charge is 0.497 e. The lowest BCUT2D eigenvalue weighted by atomic mass is 9.90. The molecule has 0 saturated carbocycles. The van der Waals surface area contributed by atoms with Crippen LogP contribution in [0.1, 0.15) is 30.3 Å². The maximum absolute atomic E-state index is 12.2. The fraction of sp³-hybridized carbons (Fsp3) is 0.500. The molecule has 7 heteroatoms. The van der Waals surface area contributed by atoms with Crippen molar-refractivity contribution in [2.75, 3.05) is 26.7 Å². The van der Waals surface area contributed by atoms with Crippen molar-refractivity contribution in [3.63, 3.8) is 0 Å². The molecule has 146 valence electrons. The van der Waals surface area contributed by atoms with Gasteiger partial charge in [-0.15, -0.1) is 0 Å². The average molecular weight is 372 g/mol. The maximum atomic E-state index is 12.2. The molecule has 0 radical (unpaired) electrons. The molecular weight excluding hydrogens is 344 g/mol. The first-order valence-electron chi connectivity index (χ1n) is 9.34. The predicted octanol–water partition coefficient (Wildman–Crippen LogP) is 1.49. The number of methoxy groups -OCH3 is 1. The Kier molecular flexibility index (Phi) is 6.47. The standard InChI is InChI=1S/C20H28N4O3/c1-23-12-9-21-20(23)19(26)16-7-10-24(11-8-16)14-18(25)22-13-15-3-5-17(27-2)6-4-15/h3-6,9,12,16,19,26H,7-8,10-11,13-14H2,1-2H3,(H,22,25). The van der Waals surface area contributed by atoms with E-state index in [9.17, 15) is 9.90 Å². The Morgan fingerprint density at radius 3 is 2.63 bits per heavy atom. The first-order valence-corrected chi connectivity index (χ1v) is 9.34. The first-order chi connectivity index (χ1) is 13.1. The fourth-order valence-electron chi connectivity index (χ4n) is 3.50. The second kappa shape index (κ2) is 9.01. The van der Waals surface area contributed by atoms with Crippen LogP contribution in [-0.4, -0.2) is 52.2 Å². The zero-order valence-corrected chi connectivity index (χ0v) is 16.0. The molecule has 3 rings (SSSR count). The number of hydrogen-bond donors (Lipinski definition) is 2. The third kappa shape index (κ3) is 5.08. The van der Waals surface area contributed by atoms with E-state index < -0.39 is 6.10 Å². The smallest absolute Gasteiger partial charge is 0.234 e. The van der Waals surface area contributed by atoms with E-state index in [1.165, 1.54) is 0 Å². The van der Waals surface area contributed by atoms with E-state index in [-0.39, 0.29) is 11.8 Å². The Morgan fingerprint density at radius 1 is 1.33 bits per heavy atom. The van der Waals surface area contributed by atoms with Crippen molar-refractivity contribution in [2.45, 2.75) is 25.5 Å². The van der Waals surface area contributed by atoms with Crippen LogP contribution in [0.5, 0.6) is 5.75 Å². The van der Waals surface area contributed by atoms with Crippen LogP contribution in [0.3, 0.4) is 0 Å². The predicted molar refractivity (Wildman–Crippen MR) is 102 cm³/mol. The molecule has 1 aromatic heterocycles. The number of aryl methyl sites for hydroxylation is 1. The Morgan fingerprint density at radius 2 is 2.04 bits per heavy atom. The van der Waals surface area contributed by atoms with Gasteiger partial charge in [-0.05, 0) is 49.5 Å². The quantitative estimate of drug-likeness (QED) is 0.770. The van der Waals surface area contributed by atoms with Crippen LogP contribution in [0.15, 0.2) is 36.7 Å². The summed E-state index contributed by atoms with van der Waals surface area (Å²) in [7, 11) is 3.53. The van der Waals surface area contributed by atoms with Crippen LogP contribution >= 0.6 is 0 Å². The van der Waals surface area contributed by atoms with Crippen molar-refractivity contribution in [1.82, 2.24) is 19.8 Å². The number of aliphatic hydroxyl groups is 1. The summed E-state index contributed by atoms with van der Waals surface area (Å²) >= 11 is 0. The highest BCUT2D eigenvalue weighted by atomic mass is 16.5. The number of imidazole rings is 1. The zero-order chi connectivity index (χ0) is 19.2. The maximum Gasteiger partial charge on any atom is 0.234 e. The molecule has 1 atom stereocenters. The van der Waals surface area contributed by atoms with E-state index in [0.29, 0.717) is 18.9 Å². The molecule has 2 heterocycles. The molecule has 2 aromatic rings. The van der Waals surface area contributed by atoms with Crippen LogP contribution in [-0.2, 0) is 18.4 Å². The number of carbonyl (C=O) groups excluding carboxylic acids is 1. The minimum Gasteiger partial charge on any atom is -0.497 e. The number of rotatable bonds is 7. The summed E-state index contributed by atoms with van der Waals surface area (Å²) in [4.78, 5) is 18.6. The number of carbonyl (C=O) groups is 1. The minimum atomic E-state index is -0.545. The normalized spacial score (nSPS) is 16.9. The molecule has 1 aliphatic heterocycles. The van der Waals surface area contributed by atoms with Crippen molar-refractivity contribution in [1.29, 1.82) is 0 Å². The van der Waals surface area contributed by atoms with Crippen LogP contribution in [0.4, 0.5) is 0 Å². The van der Waals surface area contributed by atoms with Gasteiger partial charge in [0.1, 0.15) is 17.7 Å². The van der Waals surface area contributed by atoms with Gasteiger partial charge in [0.2, 0.25) is 5.91 Å². The van der Waals surface area contributed by atoms with Crippen LogP contribution in [0, 0.1) is 5.92 Å². The highest BCUT2D eigenvalue weighted by Crippen LogP contribution is 2.29. The van der Waals surface area contributed by atoms with Gasteiger partial charge in [-0.1, -0.05) is 12.1 Å². The monoisotopic (exact) mass is 372 g/mol. The van der Waals surface area contributed by atoms with Crippen molar-refractivity contribution in [3.8, 4) is 5.75 Å². The van der Waals surface area contributed by atoms with Gasteiger partial charge in [0.05, 0.1) is 13.7 Å². The molecule has 1 aromatic carbocycles. The zero-order valence-electron chi connectivity index (χ0n) is 16.0. The summed E-state index contributed by atoms with van der Waals surface area (Å²) in [5, 5.41) is 13.5. The molecule has 1 fully saturated rings. The molecule has 1 unspecified atom stereocenters. The Hall–Kier alpha value is -2.38. The molecule has 1 aliphatic rings. The van der Waals surface area contributed by atoms with Gasteiger partial charge in [0.25, 0.3) is 0 Å². The van der Waals surface area contributed by atoms with E-state index in [1.807, 2.05) is 42.1 Å². The van der Waals surface area contributed by atoms with E-state index >= 15 is 0 Å². The van der Waals surface area contributed by atoms with E-state index in [0.717, 1.165) is 37.2 Å². The lowest BCUT2D eigenvalue weighted by Gasteiger charge is -2.33. The Bertz CT molecular complexity index is 736. The van der Waals surface area contributed by atoms with Gasteiger partial charge in [0, 0.05) is 26.0 Å². The number of aliphatic hydroxyl groups excluding tert-OH is 1. The third-order valence-corrected chi connectivity index (χ3v) is 5.22. The highest BCUT2D eigenvalue weighted by molar-refractivity contribution is 5.78. The number of aromatic nitrogens is 2. The SMILES string of the molecule is COc1ccc(CNC(=O)CN2CCC(C(O)c3nccn3C)CC2)cc1. The number of ether oxygens (including phenoxy) is 1. The summed E-state index contributed by atoms with van der Waals surface area (Å²) < 4.78 is 7.00. The average Bonchev–Trinajstić information content (AvgIpc) is 3.12. The second-order valence-corrected chi connectivity index (χ2v) is 7.08. The van der Waals surface area contributed by atoms with Crippen molar-refractivity contribution in [2.24, 2.45) is 13.0 Å². The third-order valence-electron chi connectivity index (χ3n) is 5.22. The van der Waals surface area contributed by atoms with Gasteiger partial charge >= 0.3 is 0 Å². The topological polar surface area (TPSA) is 79.6 Å². The summed E-state index contributed by atoms with van der Waals surface area (Å²) in [5.74, 6) is 1.73. The molecule has 2 N–H and O–H groups in total. The Balaban J connectivity index is 1.40. The van der Waals surface area contributed by atoms with Crippen LogP contribution in [0.2, 0.25) is 0 Å². The van der Waals surface area contributed by atoms with Gasteiger partial charge in [-0.2, -0.15) is 0 Å². The summed E-state index contributed by atoms with van der Waals surface area (Å²) in [6.45, 7) is 2.52. The summed E-state index contributed by atoms with van der Waals surface area (Å²) in [6.07, 6.45) is 4.73. The fourth-order valence-corrected chi connectivity index (χ4v) is 3.50. The number of nitrogens with one attached hydrogen (secondary N) is 1. The number of likely N-dealkylation sites (tertiary alicyclic amines) is 1. The number of amides is 1. The lowest BCUT2D eigenvalue weighted by Crippen LogP contribution is -2.42. The number of hydrogen-bond acceptors (Lipinski definition) is 5. The molecule has 0 aliphatic carbocycles. The molecule has 0 spiro atoms. The molecular formula is C20H28N4O3. The Labute approximate surface area is 160 Å². The number of benzene rings is 1. The summed E-state index contributed by atoms with van der Waals surface area (Å²) in [5.41, 5.74) is 1.04. The molecule has 7 nitrogen and oxygen atoms in total. The van der Waals surface area contributed by atoms with Crippen molar-refractivity contribution >= 4 is 5.91 Å². The van der Waals surface area contributed by atoms with E-state index in [2.05, 4.69) is 15.2 Å². The molecule has 1 amide bonds. The van der Waals surface area contributed by atoms with Gasteiger partial charge in [-0.25, -0.2) is 4.98 Å². The first kappa shape index (κ1) is 19.4. The van der Waals surface area contributed by atoms with Crippen LogP contribution < -0.4 is 10.1 Å². The molecule has 1 saturated heterocycles. The minimum absolute atomic E-state index is 0.0221. The van der Waals surface area contributed by atoms with Gasteiger partial charge in [0.15, 0.2) is 0 Å². The van der Waals surface area contributed by atoms with E-state index in [4.69, 9.17) is 4.74 Å². The lowest BCUT2D eigenvalue weighted by molar-refractivity contribution is -0.122. The van der Waals surface area contributed by atoms with Crippen molar-refractivity contribution in [3.05, 3.63) is 48.0 Å². The molecule has 0 bridgehead atoms. The number of nitrogens with zero attached hydrogens (tertiary/aromatic N) is 3. The summed E-state index contributed by atoms with van der Waals surface area (Å²) in [6, 6.07) is 7.67. The molecule has 27 heavy (non-hydrogen) atoms. The second-order valence-electron chi connectivity index (χ2n) is 7.08.